The van der Waals surface area contributed by atoms with Crippen molar-refractivity contribution in [2.24, 2.45) is 0 Å². The third-order valence-corrected chi connectivity index (χ3v) is 4.06. The Kier molecular flexibility index (Phi) is 5.04. The zero-order chi connectivity index (χ0) is 13.0. The Bertz CT molecular complexity index is 359. The maximum Gasteiger partial charge on any atom is 0.0615 e. The van der Waals surface area contributed by atoms with E-state index in [0.29, 0.717) is 18.0 Å². The van der Waals surface area contributed by atoms with Gasteiger partial charge in [0, 0.05) is 24.2 Å². The van der Waals surface area contributed by atoms with Crippen LogP contribution in [-0.4, -0.2) is 25.8 Å². The van der Waals surface area contributed by atoms with Crippen LogP contribution in [0.5, 0.6) is 0 Å². The van der Waals surface area contributed by atoms with Crippen LogP contribution in [0.25, 0.3) is 0 Å². The van der Waals surface area contributed by atoms with Crippen molar-refractivity contribution in [2.45, 2.75) is 44.2 Å². The molecule has 2 rings (SSSR count). The molecule has 0 radical (unpaired) electrons. The van der Waals surface area contributed by atoms with E-state index in [0.717, 1.165) is 18.1 Å². The van der Waals surface area contributed by atoms with E-state index in [1.54, 1.807) is 7.11 Å². The molecule has 1 saturated carbocycles. The summed E-state index contributed by atoms with van der Waals surface area (Å²) >= 11 is 5.90. The molecule has 0 heterocycles. The van der Waals surface area contributed by atoms with Crippen molar-refractivity contribution >= 4 is 11.6 Å². The Labute approximate surface area is 115 Å². The van der Waals surface area contributed by atoms with Gasteiger partial charge in [0.15, 0.2) is 0 Å². The predicted molar refractivity (Wildman–Crippen MR) is 76.3 cm³/mol. The van der Waals surface area contributed by atoms with E-state index >= 15 is 0 Å². The molecule has 100 valence electrons. The zero-order valence-corrected chi connectivity index (χ0v) is 11.9. The van der Waals surface area contributed by atoms with E-state index in [-0.39, 0.29) is 0 Å². The second kappa shape index (κ2) is 6.55. The van der Waals surface area contributed by atoms with Crippen LogP contribution in [0.15, 0.2) is 24.3 Å². The molecule has 1 aliphatic rings. The van der Waals surface area contributed by atoms with Gasteiger partial charge in [-0.1, -0.05) is 30.7 Å². The number of hydrogen-bond acceptors (Lipinski definition) is 2. The molecule has 1 aliphatic carbocycles. The molecule has 0 amide bonds. The highest BCUT2D eigenvalue weighted by atomic mass is 35.5. The molecule has 0 bridgehead atoms. The second-order valence-corrected chi connectivity index (χ2v) is 5.58. The first-order chi connectivity index (χ1) is 8.72. The van der Waals surface area contributed by atoms with Crippen molar-refractivity contribution < 1.29 is 4.74 Å². The minimum atomic E-state index is 0.492. The lowest BCUT2D eigenvalue weighted by Gasteiger charge is -2.38. The van der Waals surface area contributed by atoms with Crippen molar-refractivity contribution in [3.05, 3.63) is 34.9 Å². The summed E-state index contributed by atoms with van der Waals surface area (Å²) in [6.07, 6.45) is 3.57. The van der Waals surface area contributed by atoms with Crippen LogP contribution in [-0.2, 0) is 4.74 Å². The largest absolute Gasteiger partial charge is 0.383 e. The van der Waals surface area contributed by atoms with Crippen LogP contribution < -0.4 is 5.32 Å². The summed E-state index contributed by atoms with van der Waals surface area (Å²) in [4.78, 5) is 0. The predicted octanol–water partition coefficient (Wildman–Crippen LogP) is 3.60. The molecule has 1 aromatic rings. The normalized spacial score (nSPS) is 24.6. The molecule has 0 aliphatic heterocycles. The third-order valence-electron chi connectivity index (χ3n) is 3.81. The van der Waals surface area contributed by atoms with Gasteiger partial charge >= 0.3 is 0 Å². The van der Waals surface area contributed by atoms with Crippen LogP contribution >= 0.6 is 11.6 Å². The average molecular weight is 268 g/mol. The summed E-state index contributed by atoms with van der Waals surface area (Å²) in [5.41, 5.74) is 1.41. The van der Waals surface area contributed by atoms with E-state index in [1.807, 2.05) is 12.1 Å². The summed E-state index contributed by atoms with van der Waals surface area (Å²) in [7, 11) is 1.77. The summed E-state index contributed by atoms with van der Waals surface area (Å²) in [6, 6.07) is 9.40. The molecule has 1 N–H and O–H groups in total. The van der Waals surface area contributed by atoms with Gasteiger partial charge < -0.3 is 10.1 Å². The van der Waals surface area contributed by atoms with E-state index in [1.165, 1.54) is 18.4 Å². The van der Waals surface area contributed by atoms with Crippen molar-refractivity contribution in [1.29, 1.82) is 0 Å². The van der Waals surface area contributed by atoms with Crippen LogP contribution in [0.4, 0.5) is 0 Å². The molecule has 1 unspecified atom stereocenters. The number of methoxy groups -OCH3 is 1. The Balaban J connectivity index is 1.78. The van der Waals surface area contributed by atoms with Crippen molar-refractivity contribution in [3.63, 3.8) is 0 Å². The zero-order valence-electron chi connectivity index (χ0n) is 11.2. The Morgan fingerprint density at radius 2 is 2.00 bits per heavy atom. The molecular formula is C15H22ClNO. The van der Waals surface area contributed by atoms with Crippen molar-refractivity contribution in [2.75, 3.05) is 13.7 Å². The minimum absolute atomic E-state index is 0.492. The molecule has 3 heteroatoms. The summed E-state index contributed by atoms with van der Waals surface area (Å²) in [5, 5.41) is 4.48. The molecule has 0 aromatic heterocycles. The standard InChI is InChI=1S/C15H22ClNO/c1-3-14(10-18-2)17-15-8-12(9-15)11-4-6-13(16)7-5-11/h4-7,12,14-15,17H,3,8-10H2,1-2H3. The van der Waals surface area contributed by atoms with Gasteiger partial charge in [0.2, 0.25) is 0 Å². The summed E-state index contributed by atoms with van der Waals surface area (Å²) in [6.45, 7) is 3.00. The van der Waals surface area contributed by atoms with Gasteiger partial charge in [0.1, 0.15) is 0 Å². The van der Waals surface area contributed by atoms with E-state index < -0.39 is 0 Å². The molecule has 0 spiro atoms. The van der Waals surface area contributed by atoms with Crippen LogP contribution in [0.2, 0.25) is 5.02 Å². The van der Waals surface area contributed by atoms with Gasteiger partial charge in [-0.2, -0.15) is 0 Å². The van der Waals surface area contributed by atoms with Gasteiger partial charge in [-0.3, -0.25) is 0 Å². The number of halogens is 1. The Morgan fingerprint density at radius 3 is 2.56 bits per heavy atom. The lowest BCUT2D eigenvalue weighted by atomic mass is 9.75. The first-order valence-corrected chi connectivity index (χ1v) is 7.11. The minimum Gasteiger partial charge on any atom is -0.383 e. The topological polar surface area (TPSA) is 21.3 Å². The highest BCUT2D eigenvalue weighted by Gasteiger charge is 2.31. The van der Waals surface area contributed by atoms with Gasteiger partial charge in [0.05, 0.1) is 6.61 Å². The second-order valence-electron chi connectivity index (χ2n) is 5.14. The quantitative estimate of drug-likeness (QED) is 0.850. The van der Waals surface area contributed by atoms with Gasteiger partial charge in [0.25, 0.3) is 0 Å². The summed E-state index contributed by atoms with van der Waals surface area (Å²) in [5.74, 6) is 0.694. The average Bonchev–Trinajstić information content (AvgIpc) is 2.33. The number of rotatable bonds is 6. The Hall–Kier alpha value is -0.570. The first kappa shape index (κ1) is 13.9. The lowest BCUT2D eigenvalue weighted by Crippen LogP contribution is -2.46. The third kappa shape index (κ3) is 3.47. The van der Waals surface area contributed by atoms with E-state index in [4.69, 9.17) is 16.3 Å². The van der Waals surface area contributed by atoms with Crippen LogP contribution in [0.3, 0.4) is 0 Å². The fourth-order valence-electron chi connectivity index (χ4n) is 2.58. The lowest BCUT2D eigenvalue weighted by molar-refractivity contribution is 0.144. The SMILES string of the molecule is CCC(COC)NC1CC(c2ccc(Cl)cc2)C1. The molecule has 1 fully saturated rings. The fourth-order valence-corrected chi connectivity index (χ4v) is 2.71. The van der Waals surface area contributed by atoms with Gasteiger partial charge in [-0.15, -0.1) is 0 Å². The number of ether oxygens (including phenoxy) is 1. The highest BCUT2D eigenvalue weighted by molar-refractivity contribution is 6.30. The molecule has 18 heavy (non-hydrogen) atoms. The molecule has 2 nitrogen and oxygen atoms in total. The monoisotopic (exact) mass is 267 g/mol. The summed E-state index contributed by atoms with van der Waals surface area (Å²) < 4.78 is 5.21. The number of nitrogens with one attached hydrogen (secondary N) is 1. The molecular weight excluding hydrogens is 246 g/mol. The molecule has 1 atom stereocenters. The number of hydrogen-bond donors (Lipinski definition) is 1. The van der Waals surface area contributed by atoms with Crippen molar-refractivity contribution in [3.8, 4) is 0 Å². The maximum absolute atomic E-state index is 5.90. The molecule has 1 aromatic carbocycles. The maximum atomic E-state index is 5.90. The Morgan fingerprint density at radius 1 is 1.33 bits per heavy atom. The molecule has 0 saturated heterocycles. The number of benzene rings is 1. The van der Waals surface area contributed by atoms with Gasteiger partial charge in [-0.05, 0) is 42.9 Å². The fraction of sp³-hybridized carbons (Fsp3) is 0.600. The highest BCUT2D eigenvalue weighted by Crippen LogP contribution is 2.37. The smallest absolute Gasteiger partial charge is 0.0615 e. The van der Waals surface area contributed by atoms with Crippen LogP contribution in [0.1, 0.15) is 37.7 Å². The first-order valence-electron chi connectivity index (χ1n) is 6.73. The van der Waals surface area contributed by atoms with Gasteiger partial charge in [-0.25, -0.2) is 0 Å². The van der Waals surface area contributed by atoms with Crippen LogP contribution in [0, 0.1) is 0 Å². The van der Waals surface area contributed by atoms with E-state index in [9.17, 15) is 0 Å². The van der Waals surface area contributed by atoms with E-state index in [2.05, 4.69) is 24.4 Å². The van der Waals surface area contributed by atoms with Crippen molar-refractivity contribution in [1.82, 2.24) is 5.32 Å².